The Hall–Kier alpha value is -3.55. The Balaban J connectivity index is 1.94. The van der Waals surface area contributed by atoms with E-state index in [0.717, 1.165) is 0 Å². The van der Waals surface area contributed by atoms with Gasteiger partial charge >= 0.3 is 0 Å². The number of carbonyl (C=O) groups is 1. The van der Waals surface area contributed by atoms with E-state index in [1.54, 1.807) is 0 Å². The molecule has 6 nitrogen and oxygen atoms in total. The Kier molecular flexibility index (Phi) is 5.45. The van der Waals surface area contributed by atoms with Gasteiger partial charge in [0.1, 0.15) is 12.2 Å². The summed E-state index contributed by atoms with van der Waals surface area (Å²) in [7, 11) is 0. The largest absolute Gasteiger partial charge is 0.384 e. The molecule has 0 radical (unpaired) electrons. The van der Waals surface area contributed by atoms with E-state index in [0.29, 0.717) is 22.3 Å². The zero-order valence-corrected chi connectivity index (χ0v) is 15.6. The van der Waals surface area contributed by atoms with Crippen molar-refractivity contribution >= 4 is 5.78 Å². The molecule has 144 valence electrons. The molecule has 0 aromatic heterocycles. The third-order valence-electron chi connectivity index (χ3n) is 4.72. The van der Waals surface area contributed by atoms with E-state index in [9.17, 15) is 20.1 Å². The van der Waals surface area contributed by atoms with Gasteiger partial charge in [0, 0.05) is 11.1 Å². The Morgan fingerprint density at radius 1 is 0.793 bits per heavy atom. The molecule has 0 spiro atoms. The second kappa shape index (κ2) is 7.83. The van der Waals surface area contributed by atoms with E-state index in [2.05, 4.69) is 0 Å². The predicted molar refractivity (Wildman–Crippen MR) is 104 cm³/mol. The molecule has 3 rings (SSSR count). The number of aliphatic hydroxyl groups excluding tert-OH is 2. The number of benzene rings is 2. The van der Waals surface area contributed by atoms with Crippen LogP contribution in [0, 0.1) is 22.7 Å². The number of rotatable bonds is 4. The van der Waals surface area contributed by atoms with Gasteiger partial charge in [-0.2, -0.15) is 10.5 Å². The van der Waals surface area contributed by atoms with Crippen molar-refractivity contribution in [3.8, 4) is 12.1 Å². The van der Waals surface area contributed by atoms with Crippen LogP contribution in [-0.4, -0.2) is 26.7 Å². The summed E-state index contributed by atoms with van der Waals surface area (Å²) in [6, 6.07) is 16.2. The molecule has 29 heavy (non-hydrogen) atoms. The lowest BCUT2D eigenvalue weighted by atomic mass is 9.81. The summed E-state index contributed by atoms with van der Waals surface area (Å²) in [4.78, 5) is 13.0. The third-order valence-corrected chi connectivity index (χ3v) is 4.72. The number of hydrogen-bond donors (Lipinski definition) is 3. The van der Waals surface area contributed by atoms with Crippen LogP contribution in [0.4, 0.5) is 0 Å². The normalized spacial score (nSPS) is 20.7. The quantitative estimate of drug-likeness (QED) is 0.741. The van der Waals surface area contributed by atoms with Crippen LogP contribution in [0.3, 0.4) is 0 Å². The second-order valence-corrected chi connectivity index (χ2v) is 7.03. The molecular formula is C23H18N2O4. The number of ketones is 1. The van der Waals surface area contributed by atoms with Crippen LogP contribution < -0.4 is 0 Å². The monoisotopic (exact) mass is 386 g/mol. The van der Waals surface area contributed by atoms with E-state index < -0.39 is 23.6 Å². The Morgan fingerprint density at radius 2 is 1.14 bits per heavy atom. The van der Waals surface area contributed by atoms with Crippen molar-refractivity contribution in [3.63, 3.8) is 0 Å². The van der Waals surface area contributed by atoms with E-state index in [1.807, 2.05) is 12.1 Å². The first kappa shape index (κ1) is 20.2. The molecule has 0 heterocycles. The molecule has 3 N–H and O–H groups in total. The lowest BCUT2D eigenvalue weighted by Gasteiger charge is -2.29. The number of carbonyl (C=O) groups excluding carboxylic acids is 1. The van der Waals surface area contributed by atoms with Crippen LogP contribution in [0.1, 0.15) is 41.4 Å². The summed E-state index contributed by atoms with van der Waals surface area (Å²) in [5.74, 6) is -0.592. The van der Waals surface area contributed by atoms with Crippen LogP contribution in [0.2, 0.25) is 0 Å². The number of nitrogens with zero attached hydrogens (tertiary/aromatic N) is 2. The summed E-state index contributed by atoms with van der Waals surface area (Å²) in [6.45, 7) is 1.44. The third kappa shape index (κ3) is 4.16. The highest BCUT2D eigenvalue weighted by atomic mass is 16.3. The van der Waals surface area contributed by atoms with Crippen molar-refractivity contribution in [3.05, 3.63) is 94.1 Å². The van der Waals surface area contributed by atoms with Gasteiger partial charge < -0.3 is 15.3 Å². The highest BCUT2D eigenvalue weighted by Crippen LogP contribution is 2.36. The van der Waals surface area contributed by atoms with Crippen molar-refractivity contribution in [1.82, 2.24) is 0 Å². The first-order chi connectivity index (χ1) is 13.8. The zero-order chi connectivity index (χ0) is 21.2. The van der Waals surface area contributed by atoms with E-state index in [-0.39, 0.29) is 11.1 Å². The Morgan fingerprint density at radius 3 is 1.45 bits per heavy atom. The average Bonchev–Trinajstić information content (AvgIpc) is 2.74. The van der Waals surface area contributed by atoms with Gasteiger partial charge in [-0.1, -0.05) is 24.3 Å². The summed E-state index contributed by atoms with van der Waals surface area (Å²) < 4.78 is 0. The predicted octanol–water partition coefficient (Wildman–Crippen LogP) is 2.38. The second-order valence-electron chi connectivity index (χ2n) is 7.03. The van der Waals surface area contributed by atoms with Gasteiger partial charge in [-0.15, -0.1) is 0 Å². The van der Waals surface area contributed by atoms with Crippen LogP contribution >= 0.6 is 0 Å². The van der Waals surface area contributed by atoms with Gasteiger partial charge in [-0.3, -0.25) is 4.79 Å². The van der Waals surface area contributed by atoms with Crippen LogP contribution in [0.15, 0.2) is 71.8 Å². The lowest BCUT2D eigenvalue weighted by molar-refractivity contribution is -0.114. The summed E-state index contributed by atoms with van der Waals surface area (Å²) in [5.41, 5.74) is -0.0982. The van der Waals surface area contributed by atoms with Gasteiger partial charge in [0.2, 0.25) is 0 Å². The highest BCUT2D eigenvalue weighted by molar-refractivity contribution is 6.11. The van der Waals surface area contributed by atoms with Gasteiger partial charge in [0.05, 0.1) is 28.9 Å². The molecule has 0 saturated carbocycles. The summed E-state index contributed by atoms with van der Waals surface area (Å²) >= 11 is 0. The molecule has 0 aliphatic heterocycles. The number of nitriles is 2. The van der Waals surface area contributed by atoms with Crippen molar-refractivity contribution < 1.29 is 20.1 Å². The molecule has 0 saturated heterocycles. The Bertz CT molecular complexity index is 996. The van der Waals surface area contributed by atoms with E-state index in [4.69, 9.17) is 10.5 Å². The number of Topliss-reactive ketones (excluding diaryl/α,β-unsaturated/α-hetero) is 1. The first-order valence-electron chi connectivity index (χ1n) is 8.84. The van der Waals surface area contributed by atoms with E-state index >= 15 is 0 Å². The van der Waals surface area contributed by atoms with Crippen molar-refractivity contribution in [1.29, 1.82) is 10.5 Å². The minimum atomic E-state index is -1.56. The van der Waals surface area contributed by atoms with E-state index in [1.165, 1.54) is 67.6 Å². The maximum absolute atomic E-state index is 13.0. The number of aliphatic hydroxyl groups is 3. The highest BCUT2D eigenvalue weighted by Gasteiger charge is 2.35. The zero-order valence-electron chi connectivity index (χ0n) is 15.6. The molecule has 2 aromatic rings. The summed E-state index contributed by atoms with van der Waals surface area (Å²) in [6.07, 6.45) is -0.155. The van der Waals surface area contributed by atoms with Gasteiger partial charge in [0.15, 0.2) is 5.78 Å². The fourth-order valence-corrected chi connectivity index (χ4v) is 3.21. The fourth-order valence-electron chi connectivity index (χ4n) is 3.21. The molecule has 0 fully saturated rings. The molecule has 1 aliphatic carbocycles. The van der Waals surface area contributed by atoms with Crippen LogP contribution in [-0.2, 0) is 4.79 Å². The maximum atomic E-state index is 13.0. The number of hydrogen-bond acceptors (Lipinski definition) is 6. The molecule has 6 heteroatoms. The van der Waals surface area contributed by atoms with Crippen molar-refractivity contribution in [2.24, 2.45) is 0 Å². The van der Waals surface area contributed by atoms with Gasteiger partial charge in [0.25, 0.3) is 0 Å². The topological polar surface area (TPSA) is 125 Å². The average molecular weight is 386 g/mol. The molecule has 0 bridgehead atoms. The van der Waals surface area contributed by atoms with Gasteiger partial charge in [-0.05, 0) is 54.5 Å². The maximum Gasteiger partial charge on any atom is 0.190 e. The molecule has 0 amide bonds. The smallest absolute Gasteiger partial charge is 0.190 e. The SMILES string of the molecule is CC1(O)C=C([C@@H](O)c2ccc(C#N)cc2)C(=O)C([C@H](O)c2ccc(C#N)cc2)=C1. The van der Waals surface area contributed by atoms with Crippen molar-refractivity contribution in [2.45, 2.75) is 24.7 Å². The molecule has 3 atom stereocenters. The molecular weight excluding hydrogens is 368 g/mol. The molecule has 1 unspecified atom stereocenters. The van der Waals surface area contributed by atoms with Crippen LogP contribution in [0.25, 0.3) is 0 Å². The minimum absolute atomic E-state index is 0.0649. The standard InChI is InChI=1S/C23H18N2O4/c1-23(29)10-18(20(26)16-6-2-14(12-24)3-7-16)22(28)19(11-23)21(27)17-8-4-15(13-25)5-9-17/h2-11,20-21,26-27,29H,1H3/t20-,21+,23?. The molecule has 2 aromatic carbocycles. The van der Waals surface area contributed by atoms with Crippen LogP contribution in [0.5, 0.6) is 0 Å². The minimum Gasteiger partial charge on any atom is -0.384 e. The fraction of sp³-hybridized carbons (Fsp3) is 0.174. The lowest BCUT2D eigenvalue weighted by Crippen LogP contribution is -2.31. The summed E-state index contributed by atoms with van der Waals surface area (Å²) in [5, 5.41) is 49.8. The first-order valence-corrected chi connectivity index (χ1v) is 8.84. The van der Waals surface area contributed by atoms with Gasteiger partial charge in [-0.25, -0.2) is 0 Å². The molecule has 1 aliphatic rings. The van der Waals surface area contributed by atoms with Crippen molar-refractivity contribution in [2.75, 3.05) is 0 Å². The Labute approximate surface area is 167 Å².